The van der Waals surface area contributed by atoms with Crippen molar-refractivity contribution in [3.63, 3.8) is 0 Å². The first-order valence-corrected chi connectivity index (χ1v) is 19.3. The first kappa shape index (κ1) is 40.8. The van der Waals surface area contributed by atoms with Crippen LogP contribution in [0.25, 0.3) is 0 Å². The molecule has 0 unspecified atom stereocenters. The zero-order valence-corrected chi connectivity index (χ0v) is 30.3. The summed E-state index contributed by atoms with van der Waals surface area (Å²) in [6.45, 7) is 15.2. The standard InChI is InChI=1S/C36H59ClO8Si/c1-36(2,3)46(34-14-8-6-9-15-34,35-16-10-7-11-17-35)45-33-32-44-31-30-43-29-28-42-27-26-41-25-24-40-23-22-39-21-20-38-19-13-5-4-12-18-37/h6-11,14-17H,4-5,12-13,18-33H2,1-3H3. The lowest BCUT2D eigenvalue weighted by molar-refractivity contribution is -0.0213. The maximum absolute atomic E-state index is 6.84. The lowest BCUT2D eigenvalue weighted by atomic mass is 10.2. The summed E-state index contributed by atoms with van der Waals surface area (Å²) in [7, 11) is -2.53. The first-order valence-electron chi connectivity index (χ1n) is 16.9. The number of hydrogen-bond donors (Lipinski definition) is 0. The Balaban J connectivity index is 1.40. The Hall–Kier alpha value is -1.37. The van der Waals surface area contributed by atoms with E-state index in [0.29, 0.717) is 92.5 Å². The average molecular weight is 683 g/mol. The molecule has 0 saturated heterocycles. The summed E-state index contributed by atoms with van der Waals surface area (Å²) in [5.41, 5.74) is 0. The van der Waals surface area contributed by atoms with Crippen LogP contribution < -0.4 is 10.4 Å². The number of rotatable bonds is 30. The highest BCUT2D eigenvalue weighted by molar-refractivity contribution is 6.99. The molecule has 2 aromatic carbocycles. The minimum absolute atomic E-state index is 0.0483. The van der Waals surface area contributed by atoms with E-state index in [4.69, 9.17) is 49.2 Å². The fourth-order valence-corrected chi connectivity index (χ4v) is 9.82. The highest BCUT2D eigenvalue weighted by atomic mass is 35.5. The van der Waals surface area contributed by atoms with E-state index in [1.165, 1.54) is 23.2 Å². The quantitative estimate of drug-likeness (QED) is 0.0610. The van der Waals surface area contributed by atoms with Gasteiger partial charge in [0.1, 0.15) is 0 Å². The van der Waals surface area contributed by atoms with E-state index in [9.17, 15) is 0 Å². The second kappa shape index (κ2) is 26.6. The molecule has 0 aliphatic heterocycles. The topological polar surface area (TPSA) is 73.8 Å². The predicted octanol–water partition coefficient (Wildman–Crippen LogP) is 5.48. The Kier molecular flexibility index (Phi) is 23.6. The third-order valence-electron chi connectivity index (χ3n) is 7.37. The van der Waals surface area contributed by atoms with Crippen molar-refractivity contribution in [3.8, 4) is 0 Å². The average Bonchev–Trinajstić information content (AvgIpc) is 3.06. The zero-order chi connectivity index (χ0) is 33.0. The molecule has 0 saturated carbocycles. The molecule has 0 N–H and O–H groups in total. The van der Waals surface area contributed by atoms with Crippen molar-refractivity contribution in [2.45, 2.75) is 51.5 Å². The van der Waals surface area contributed by atoms with Crippen LogP contribution in [-0.2, 0) is 37.6 Å². The van der Waals surface area contributed by atoms with Crippen LogP contribution in [0.4, 0.5) is 0 Å². The van der Waals surface area contributed by atoms with Gasteiger partial charge in [-0.15, -0.1) is 11.6 Å². The highest BCUT2D eigenvalue weighted by Crippen LogP contribution is 2.36. The Morgan fingerprint density at radius 2 is 0.761 bits per heavy atom. The van der Waals surface area contributed by atoms with Gasteiger partial charge in [-0.1, -0.05) is 94.3 Å². The summed E-state index contributed by atoms with van der Waals surface area (Å²) < 4.78 is 46.0. The number of hydrogen-bond acceptors (Lipinski definition) is 8. The van der Waals surface area contributed by atoms with Crippen LogP contribution in [0, 0.1) is 0 Å². The molecular weight excluding hydrogens is 624 g/mol. The summed E-state index contributed by atoms with van der Waals surface area (Å²) in [5, 5.41) is 2.50. The smallest absolute Gasteiger partial charge is 0.261 e. The molecule has 0 amide bonds. The van der Waals surface area contributed by atoms with E-state index in [1.807, 2.05) is 0 Å². The lowest BCUT2D eigenvalue weighted by Crippen LogP contribution is -2.66. The molecule has 0 fully saturated rings. The Bertz CT molecular complexity index is 909. The van der Waals surface area contributed by atoms with Gasteiger partial charge in [-0.2, -0.15) is 0 Å². The molecule has 2 rings (SSSR count). The Morgan fingerprint density at radius 1 is 0.435 bits per heavy atom. The molecule has 0 radical (unpaired) electrons. The maximum atomic E-state index is 6.84. The van der Waals surface area contributed by atoms with Crippen molar-refractivity contribution < 1.29 is 37.6 Å². The third-order valence-corrected chi connectivity index (χ3v) is 12.7. The molecule has 0 aromatic heterocycles. The summed E-state index contributed by atoms with van der Waals surface area (Å²) >= 11 is 5.67. The van der Waals surface area contributed by atoms with Gasteiger partial charge < -0.3 is 37.6 Å². The molecule has 2 aromatic rings. The molecular formula is C36H59ClO8Si. The summed E-state index contributed by atoms with van der Waals surface area (Å²) in [6.07, 6.45) is 4.51. The van der Waals surface area contributed by atoms with Gasteiger partial charge in [0.05, 0.1) is 92.5 Å². The molecule has 0 bridgehead atoms. The summed E-state index contributed by atoms with van der Waals surface area (Å²) in [4.78, 5) is 0. The second-order valence-electron chi connectivity index (χ2n) is 11.9. The van der Waals surface area contributed by atoms with Gasteiger partial charge in [0, 0.05) is 12.5 Å². The van der Waals surface area contributed by atoms with E-state index in [-0.39, 0.29) is 5.04 Å². The van der Waals surface area contributed by atoms with E-state index >= 15 is 0 Å². The van der Waals surface area contributed by atoms with Crippen molar-refractivity contribution in [3.05, 3.63) is 60.7 Å². The van der Waals surface area contributed by atoms with Crippen LogP contribution >= 0.6 is 11.6 Å². The van der Waals surface area contributed by atoms with E-state index < -0.39 is 8.32 Å². The number of alkyl halides is 1. The molecule has 262 valence electrons. The van der Waals surface area contributed by atoms with Crippen LogP contribution in [0.2, 0.25) is 5.04 Å². The fourth-order valence-electron chi connectivity index (χ4n) is 5.09. The minimum Gasteiger partial charge on any atom is -0.405 e. The third kappa shape index (κ3) is 17.2. The van der Waals surface area contributed by atoms with Crippen LogP contribution in [0.1, 0.15) is 46.5 Å². The van der Waals surface area contributed by atoms with Gasteiger partial charge in [0.2, 0.25) is 0 Å². The predicted molar refractivity (Wildman–Crippen MR) is 188 cm³/mol. The number of benzene rings is 2. The van der Waals surface area contributed by atoms with Gasteiger partial charge in [-0.3, -0.25) is 0 Å². The van der Waals surface area contributed by atoms with Crippen LogP contribution in [0.3, 0.4) is 0 Å². The molecule has 0 aliphatic rings. The SMILES string of the molecule is CC(C)(C)[Si](OCCOCCOCCOCCOCCOCCOCCOCCCCCCCl)(c1ccccc1)c1ccccc1. The Morgan fingerprint density at radius 3 is 1.11 bits per heavy atom. The van der Waals surface area contributed by atoms with Crippen molar-refractivity contribution in [2.24, 2.45) is 0 Å². The van der Waals surface area contributed by atoms with Gasteiger partial charge >= 0.3 is 0 Å². The molecule has 10 heteroatoms. The van der Waals surface area contributed by atoms with Crippen molar-refractivity contribution in [2.75, 3.05) is 105 Å². The summed E-state index contributed by atoms with van der Waals surface area (Å²) in [5.74, 6) is 0.746. The maximum Gasteiger partial charge on any atom is 0.261 e. The van der Waals surface area contributed by atoms with Crippen molar-refractivity contribution >= 4 is 30.3 Å². The molecule has 46 heavy (non-hydrogen) atoms. The summed E-state index contributed by atoms with van der Waals surface area (Å²) in [6, 6.07) is 21.3. The molecule has 0 aliphatic carbocycles. The normalized spacial score (nSPS) is 12.2. The van der Waals surface area contributed by atoms with E-state index in [0.717, 1.165) is 25.3 Å². The van der Waals surface area contributed by atoms with Gasteiger partial charge in [-0.05, 0) is 28.3 Å². The zero-order valence-electron chi connectivity index (χ0n) is 28.6. The van der Waals surface area contributed by atoms with Crippen LogP contribution in [0.5, 0.6) is 0 Å². The highest BCUT2D eigenvalue weighted by Gasteiger charge is 2.49. The van der Waals surface area contributed by atoms with Gasteiger partial charge in [0.15, 0.2) is 0 Å². The number of unbranched alkanes of at least 4 members (excludes halogenated alkanes) is 3. The minimum atomic E-state index is -2.53. The molecule has 0 atom stereocenters. The first-order chi connectivity index (χ1) is 22.5. The second-order valence-corrected chi connectivity index (χ2v) is 16.6. The van der Waals surface area contributed by atoms with E-state index in [1.54, 1.807) is 0 Å². The van der Waals surface area contributed by atoms with Gasteiger partial charge in [0.25, 0.3) is 8.32 Å². The number of halogens is 1. The van der Waals surface area contributed by atoms with Crippen LogP contribution in [-0.4, -0.2) is 113 Å². The van der Waals surface area contributed by atoms with Crippen LogP contribution in [0.15, 0.2) is 60.7 Å². The largest absolute Gasteiger partial charge is 0.405 e. The van der Waals surface area contributed by atoms with Crippen molar-refractivity contribution in [1.82, 2.24) is 0 Å². The fraction of sp³-hybridized carbons (Fsp3) is 0.667. The lowest BCUT2D eigenvalue weighted by Gasteiger charge is -2.43. The molecule has 8 nitrogen and oxygen atoms in total. The van der Waals surface area contributed by atoms with E-state index in [2.05, 4.69) is 81.4 Å². The van der Waals surface area contributed by atoms with Gasteiger partial charge in [-0.25, -0.2) is 0 Å². The Labute approximate surface area is 284 Å². The monoisotopic (exact) mass is 682 g/mol. The molecule has 0 heterocycles. The van der Waals surface area contributed by atoms with Crippen molar-refractivity contribution in [1.29, 1.82) is 0 Å². The molecule has 0 spiro atoms. The number of ether oxygens (including phenoxy) is 7.